The molecule has 0 fully saturated rings. The number of carbonyl (C=O) groups is 1. The Labute approximate surface area is 132 Å². The average molecular weight is 328 g/mol. The molecular weight excluding hydrogens is 304 g/mol. The summed E-state index contributed by atoms with van der Waals surface area (Å²) < 4.78 is 30.3. The van der Waals surface area contributed by atoms with Gasteiger partial charge in [-0.25, -0.2) is 12.7 Å². The number of sulfonamides is 1. The van der Waals surface area contributed by atoms with Crippen molar-refractivity contribution in [3.8, 4) is 5.75 Å². The number of nitrogens with zero attached hydrogens (tertiary/aromatic N) is 1. The molecule has 124 valence electrons. The number of ether oxygens (including phenoxy) is 1. The molecule has 0 bridgehead atoms. The molecule has 0 aliphatic carbocycles. The van der Waals surface area contributed by atoms with Gasteiger partial charge >= 0.3 is 0 Å². The highest BCUT2D eigenvalue weighted by Crippen LogP contribution is 2.17. The van der Waals surface area contributed by atoms with Crippen LogP contribution in [0.25, 0.3) is 0 Å². The summed E-state index contributed by atoms with van der Waals surface area (Å²) in [6.07, 6.45) is 1.92. The highest BCUT2D eigenvalue weighted by Gasteiger charge is 2.16. The zero-order valence-corrected chi connectivity index (χ0v) is 14.3. The molecule has 0 aliphatic rings. The van der Waals surface area contributed by atoms with Gasteiger partial charge < -0.3 is 10.1 Å². The molecule has 0 aromatic heterocycles. The normalized spacial score (nSPS) is 13.0. The topological polar surface area (TPSA) is 75.7 Å². The van der Waals surface area contributed by atoms with Crippen LogP contribution in [0.15, 0.2) is 29.2 Å². The Balaban J connectivity index is 2.57. The Morgan fingerprint density at radius 1 is 1.27 bits per heavy atom. The average Bonchev–Trinajstić information content (AvgIpc) is 2.45. The lowest BCUT2D eigenvalue weighted by Crippen LogP contribution is -2.35. The number of benzene rings is 1. The van der Waals surface area contributed by atoms with Crippen molar-refractivity contribution in [3.63, 3.8) is 0 Å². The standard InChI is InChI=1S/C15H24N2O4S/c1-5-6-12(2)16-15(18)11-21-13-7-9-14(10-8-13)22(19,20)17(3)4/h7-10,12H,5-6,11H2,1-4H3,(H,16,18)/t12-/m0/s1. The summed E-state index contributed by atoms with van der Waals surface area (Å²) in [4.78, 5) is 11.9. The van der Waals surface area contributed by atoms with E-state index in [-0.39, 0.29) is 23.5 Å². The van der Waals surface area contributed by atoms with Gasteiger partial charge in [0.1, 0.15) is 5.75 Å². The molecule has 1 rings (SSSR count). The van der Waals surface area contributed by atoms with Crippen molar-refractivity contribution in [1.82, 2.24) is 9.62 Å². The summed E-state index contributed by atoms with van der Waals surface area (Å²) >= 11 is 0. The third-order valence-corrected chi connectivity index (χ3v) is 4.93. The first-order valence-corrected chi connectivity index (χ1v) is 8.66. The van der Waals surface area contributed by atoms with E-state index in [1.165, 1.54) is 26.2 Å². The molecule has 0 spiro atoms. The minimum atomic E-state index is -3.45. The molecule has 1 atom stereocenters. The van der Waals surface area contributed by atoms with Crippen LogP contribution in [0.3, 0.4) is 0 Å². The van der Waals surface area contributed by atoms with E-state index in [0.717, 1.165) is 17.1 Å². The molecule has 0 aliphatic heterocycles. The maximum Gasteiger partial charge on any atom is 0.258 e. The van der Waals surface area contributed by atoms with Crippen molar-refractivity contribution in [2.75, 3.05) is 20.7 Å². The van der Waals surface area contributed by atoms with Gasteiger partial charge in [0.15, 0.2) is 6.61 Å². The van der Waals surface area contributed by atoms with Crippen LogP contribution in [0.2, 0.25) is 0 Å². The highest BCUT2D eigenvalue weighted by molar-refractivity contribution is 7.89. The molecule has 0 saturated heterocycles. The first kappa shape index (κ1) is 18.4. The van der Waals surface area contributed by atoms with Gasteiger partial charge in [-0.15, -0.1) is 0 Å². The summed E-state index contributed by atoms with van der Waals surface area (Å²) in [7, 11) is -0.501. The second kappa shape index (κ2) is 8.14. The number of carbonyl (C=O) groups excluding carboxylic acids is 1. The van der Waals surface area contributed by atoms with E-state index < -0.39 is 10.0 Å². The quantitative estimate of drug-likeness (QED) is 0.787. The molecule has 0 radical (unpaired) electrons. The lowest BCUT2D eigenvalue weighted by atomic mass is 10.2. The van der Waals surface area contributed by atoms with Crippen LogP contribution in [0.4, 0.5) is 0 Å². The fraction of sp³-hybridized carbons (Fsp3) is 0.533. The van der Waals surface area contributed by atoms with Crippen LogP contribution in [-0.2, 0) is 14.8 Å². The maximum absolute atomic E-state index is 11.9. The zero-order chi connectivity index (χ0) is 16.8. The van der Waals surface area contributed by atoms with Gasteiger partial charge in [0.25, 0.3) is 5.91 Å². The Morgan fingerprint density at radius 2 is 1.86 bits per heavy atom. The van der Waals surface area contributed by atoms with E-state index in [9.17, 15) is 13.2 Å². The van der Waals surface area contributed by atoms with Gasteiger partial charge in [0, 0.05) is 20.1 Å². The Morgan fingerprint density at radius 3 is 2.36 bits per heavy atom. The third-order valence-electron chi connectivity index (χ3n) is 3.10. The molecule has 7 heteroatoms. The predicted octanol–water partition coefficient (Wildman–Crippen LogP) is 1.62. The van der Waals surface area contributed by atoms with E-state index in [4.69, 9.17) is 4.74 Å². The van der Waals surface area contributed by atoms with E-state index in [2.05, 4.69) is 12.2 Å². The molecule has 1 aromatic carbocycles. The Bertz CT molecular complexity index is 582. The Hall–Kier alpha value is -1.60. The number of hydrogen-bond acceptors (Lipinski definition) is 4. The van der Waals surface area contributed by atoms with Crippen LogP contribution < -0.4 is 10.1 Å². The van der Waals surface area contributed by atoms with Crippen molar-refractivity contribution in [2.45, 2.75) is 37.6 Å². The van der Waals surface area contributed by atoms with Crippen molar-refractivity contribution < 1.29 is 17.9 Å². The minimum absolute atomic E-state index is 0.0895. The second-order valence-electron chi connectivity index (χ2n) is 5.30. The summed E-state index contributed by atoms with van der Waals surface area (Å²) in [5.41, 5.74) is 0. The van der Waals surface area contributed by atoms with E-state index >= 15 is 0 Å². The highest BCUT2D eigenvalue weighted by atomic mass is 32.2. The minimum Gasteiger partial charge on any atom is -0.484 e. The summed E-state index contributed by atoms with van der Waals surface area (Å²) in [6, 6.07) is 6.12. The SMILES string of the molecule is CCC[C@H](C)NC(=O)COc1ccc(S(=O)(=O)N(C)C)cc1. The molecule has 22 heavy (non-hydrogen) atoms. The van der Waals surface area contributed by atoms with Gasteiger partial charge in [0.2, 0.25) is 10.0 Å². The molecule has 6 nitrogen and oxygen atoms in total. The van der Waals surface area contributed by atoms with Crippen LogP contribution in [0.1, 0.15) is 26.7 Å². The second-order valence-corrected chi connectivity index (χ2v) is 7.46. The monoisotopic (exact) mass is 328 g/mol. The molecule has 1 amide bonds. The van der Waals surface area contributed by atoms with Crippen LogP contribution in [-0.4, -0.2) is 45.4 Å². The molecular formula is C15H24N2O4S. The lowest BCUT2D eigenvalue weighted by molar-refractivity contribution is -0.123. The zero-order valence-electron chi connectivity index (χ0n) is 13.5. The number of amides is 1. The van der Waals surface area contributed by atoms with Crippen LogP contribution >= 0.6 is 0 Å². The van der Waals surface area contributed by atoms with Crippen molar-refractivity contribution >= 4 is 15.9 Å². The van der Waals surface area contributed by atoms with Crippen LogP contribution in [0.5, 0.6) is 5.75 Å². The van der Waals surface area contributed by atoms with Crippen molar-refractivity contribution in [1.29, 1.82) is 0 Å². The van der Waals surface area contributed by atoms with E-state index in [1.807, 2.05) is 6.92 Å². The van der Waals surface area contributed by atoms with Crippen LogP contribution in [0, 0.1) is 0 Å². The van der Waals surface area contributed by atoms with Crippen molar-refractivity contribution in [3.05, 3.63) is 24.3 Å². The first-order valence-electron chi connectivity index (χ1n) is 7.22. The largest absolute Gasteiger partial charge is 0.484 e. The predicted molar refractivity (Wildman–Crippen MR) is 85.3 cm³/mol. The lowest BCUT2D eigenvalue weighted by Gasteiger charge is -2.14. The van der Waals surface area contributed by atoms with Gasteiger partial charge in [-0.1, -0.05) is 13.3 Å². The number of nitrogens with one attached hydrogen (secondary N) is 1. The summed E-state index contributed by atoms with van der Waals surface area (Å²) in [5.74, 6) is 0.266. The van der Waals surface area contributed by atoms with Gasteiger partial charge in [-0.05, 0) is 37.6 Å². The molecule has 1 N–H and O–H groups in total. The van der Waals surface area contributed by atoms with E-state index in [1.54, 1.807) is 12.1 Å². The van der Waals surface area contributed by atoms with Gasteiger partial charge in [-0.3, -0.25) is 4.79 Å². The fourth-order valence-corrected chi connectivity index (χ4v) is 2.79. The summed E-state index contributed by atoms with van der Waals surface area (Å²) in [5, 5.41) is 2.84. The Kier molecular flexibility index (Phi) is 6.83. The first-order chi connectivity index (χ1) is 10.3. The van der Waals surface area contributed by atoms with Gasteiger partial charge in [-0.2, -0.15) is 0 Å². The third kappa shape index (κ3) is 5.31. The fourth-order valence-electron chi connectivity index (χ4n) is 1.89. The number of hydrogen-bond donors (Lipinski definition) is 1. The molecule has 0 heterocycles. The van der Waals surface area contributed by atoms with E-state index in [0.29, 0.717) is 5.75 Å². The molecule has 1 aromatic rings. The van der Waals surface area contributed by atoms with Crippen molar-refractivity contribution in [2.24, 2.45) is 0 Å². The summed E-state index contributed by atoms with van der Waals surface area (Å²) in [6.45, 7) is 3.92. The van der Waals surface area contributed by atoms with Gasteiger partial charge in [0.05, 0.1) is 4.90 Å². The smallest absolute Gasteiger partial charge is 0.258 e. The maximum atomic E-state index is 11.9. The number of rotatable bonds is 8. The molecule has 0 saturated carbocycles. The molecule has 0 unspecified atom stereocenters.